The Balaban J connectivity index is 1.59. The van der Waals surface area contributed by atoms with Crippen molar-refractivity contribution in [2.45, 2.75) is 19.8 Å². The summed E-state index contributed by atoms with van der Waals surface area (Å²) in [5, 5.41) is 6.12. The predicted molar refractivity (Wildman–Crippen MR) is 97.6 cm³/mol. The van der Waals surface area contributed by atoms with Gasteiger partial charge in [0, 0.05) is 18.0 Å². The summed E-state index contributed by atoms with van der Waals surface area (Å²) in [4.78, 5) is 16.7. The number of carbonyl (C=O) groups is 1. The fraction of sp³-hybridized carbons (Fsp3) is 0.350. The van der Waals surface area contributed by atoms with Gasteiger partial charge in [-0.3, -0.25) is 9.78 Å². The molecule has 0 fully saturated rings. The highest BCUT2D eigenvalue weighted by Gasteiger charge is 2.36. The number of fused-ring (bicyclic) bond motifs is 3. The van der Waals surface area contributed by atoms with Gasteiger partial charge in [0.1, 0.15) is 11.5 Å². The van der Waals surface area contributed by atoms with Crippen molar-refractivity contribution in [2.75, 3.05) is 19.8 Å². The minimum absolute atomic E-state index is 0.0778. The van der Waals surface area contributed by atoms with E-state index in [2.05, 4.69) is 17.0 Å². The fourth-order valence-electron chi connectivity index (χ4n) is 3.17. The van der Waals surface area contributed by atoms with Gasteiger partial charge in [-0.2, -0.15) is 5.10 Å². The van der Waals surface area contributed by atoms with Crippen LogP contribution in [-0.2, 0) is 0 Å². The molecule has 3 heterocycles. The zero-order valence-electron chi connectivity index (χ0n) is 14.7. The molecule has 1 aromatic carbocycles. The lowest BCUT2D eigenvalue weighted by molar-refractivity contribution is 0.0760. The molecule has 1 unspecified atom stereocenters. The van der Waals surface area contributed by atoms with Gasteiger partial charge in [0.2, 0.25) is 0 Å². The van der Waals surface area contributed by atoms with Crippen molar-refractivity contribution in [3.05, 3.63) is 53.9 Å². The number of ether oxygens (including phenoxy) is 2. The SMILES string of the molecule is CCCCOc1ccc2c(c1)C1=NN(C(=O)c3cccnc3)CC1CO2. The van der Waals surface area contributed by atoms with Crippen LogP contribution in [-0.4, -0.2) is 41.4 Å². The smallest absolute Gasteiger partial charge is 0.275 e. The topological polar surface area (TPSA) is 64.0 Å². The molecule has 1 aromatic heterocycles. The van der Waals surface area contributed by atoms with Gasteiger partial charge >= 0.3 is 0 Å². The first-order chi connectivity index (χ1) is 12.8. The summed E-state index contributed by atoms with van der Waals surface area (Å²) in [5.74, 6) is 1.53. The van der Waals surface area contributed by atoms with Gasteiger partial charge in [-0.05, 0) is 36.8 Å². The van der Waals surface area contributed by atoms with Crippen molar-refractivity contribution >= 4 is 11.6 Å². The highest BCUT2D eigenvalue weighted by atomic mass is 16.5. The number of benzene rings is 1. The van der Waals surface area contributed by atoms with Crippen LogP contribution in [0.2, 0.25) is 0 Å². The van der Waals surface area contributed by atoms with E-state index in [0.29, 0.717) is 25.3 Å². The Kier molecular flexibility index (Phi) is 4.56. The zero-order valence-corrected chi connectivity index (χ0v) is 14.7. The van der Waals surface area contributed by atoms with E-state index in [1.807, 2.05) is 18.2 Å². The van der Waals surface area contributed by atoms with E-state index in [1.54, 1.807) is 24.5 Å². The van der Waals surface area contributed by atoms with E-state index in [1.165, 1.54) is 5.01 Å². The second-order valence-electron chi connectivity index (χ2n) is 6.48. The lowest BCUT2D eigenvalue weighted by atomic mass is 9.95. The summed E-state index contributed by atoms with van der Waals surface area (Å²) in [6.45, 7) is 3.87. The summed E-state index contributed by atoms with van der Waals surface area (Å²) in [6.07, 6.45) is 5.32. The molecule has 2 aliphatic rings. The largest absolute Gasteiger partial charge is 0.494 e. The maximum absolute atomic E-state index is 12.7. The van der Waals surface area contributed by atoms with Crippen LogP contribution in [0.15, 0.2) is 47.8 Å². The minimum atomic E-state index is -0.142. The Hall–Kier alpha value is -2.89. The van der Waals surface area contributed by atoms with Gasteiger partial charge in [0.05, 0.1) is 37.0 Å². The first-order valence-electron chi connectivity index (χ1n) is 8.96. The third-order valence-electron chi connectivity index (χ3n) is 4.59. The van der Waals surface area contributed by atoms with Crippen LogP contribution in [0.25, 0.3) is 0 Å². The van der Waals surface area contributed by atoms with Crippen LogP contribution in [0.4, 0.5) is 0 Å². The van der Waals surface area contributed by atoms with E-state index in [0.717, 1.165) is 35.6 Å². The maximum Gasteiger partial charge on any atom is 0.275 e. The minimum Gasteiger partial charge on any atom is -0.494 e. The Morgan fingerprint density at radius 1 is 1.38 bits per heavy atom. The molecule has 26 heavy (non-hydrogen) atoms. The molecule has 1 amide bonds. The second kappa shape index (κ2) is 7.15. The van der Waals surface area contributed by atoms with Gasteiger partial charge in [-0.15, -0.1) is 0 Å². The van der Waals surface area contributed by atoms with Gasteiger partial charge in [0.15, 0.2) is 0 Å². The molecule has 2 aliphatic heterocycles. The molecule has 0 saturated heterocycles. The lowest BCUT2D eigenvalue weighted by Gasteiger charge is -2.23. The number of rotatable bonds is 5. The highest BCUT2D eigenvalue weighted by molar-refractivity contribution is 6.08. The van der Waals surface area contributed by atoms with Crippen LogP contribution in [0.5, 0.6) is 11.5 Å². The van der Waals surface area contributed by atoms with Crippen molar-refractivity contribution in [2.24, 2.45) is 11.0 Å². The van der Waals surface area contributed by atoms with E-state index in [9.17, 15) is 4.79 Å². The number of unbranched alkanes of at least 4 members (excludes halogenated alkanes) is 1. The van der Waals surface area contributed by atoms with Gasteiger partial charge in [0.25, 0.3) is 5.91 Å². The molecule has 0 saturated carbocycles. The molecule has 0 radical (unpaired) electrons. The third kappa shape index (κ3) is 3.14. The molecule has 6 nitrogen and oxygen atoms in total. The summed E-state index contributed by atoms with van der Waals surface area (Å²) in [5.41, 5.74) is 2.34. The number of carbonyl (C=O) groups excluding carboxylic acids is 1. The van der Waals surface area contributed by atoms with Crippen LogP contribution in [0, 0.1) is 5.92 Å². The van der Waals surface area contributed by atoms with Crippen LogP contribution < -0.4 is 9.47 Å². The number of hydrazone groups is 1. The van der Waals surface area contributed by atoms with Gasteiger partial charge in [-0.25, -0.2) is 5.01 Å². The standard InChI is InChI=1S/C20H21N3O3/c1-2-3-9-25-16-6-7-18-17(10-16)19-15(13-26-18)12-23(22-19)20(24)14-5-4-8-21-11-14/h4-8,10-11,15H,2-3,9,12-13H2,1H3. The Bertz CT molecular complexity index is 835. The molecule has 2 aromatic rings. The number of amides is 1. The van der Waals surface area contributed by atoms with E-state index in [4.69, 9.17) is 9.47 Å². The molecular formula is C20H21N3O3. The van der Waals surface area contributed by atoms with Crippen molar-refractivity contribution < 1.29 is 14.3 Å². The Labute approximate surface area is 152 Å². The van der Waals surface area contributed by atoms with Crippen molar-refractivity contribution in [1.29, 1.82) is 0 Å². The molecular weight excluding hydrogens is 330 g/mol. The van der Waals surface area contributed by atoms with Crippen LogP contribution in [0.3, 0.4) is 0 Å². The van der Waals surface area contributed by atoms with Crippen molar-refractivity contribution in [3.63, 3.8) is 0 Å². The maximum atomic E-state index is 12.7. The predicted octanol–water partition coefficient (Wildman–Crippen LogP) is 3.13. The summed E-state index contributed by atoms with van der Waals surface area (Å²) in [7, 11) is 0. The molecule has 4 rings (SSSR count). The van der Waals surface area contributed by atoms with Crippen LogP contribution in [0.1, 0.15) is 35.7 Å². The first-order valence-corrected chi connectivity index (χ1v) is 8.96. The number of nitrogens with zero attached hydrogens (tertiary/aromatic N) is 3. The summed E-state index contributed by atoms with van der Waals surface area (Å²) in [6, 6.07) is 9.31. The van der Waals surface area contributed by atoms with Crippen molar-refractivity contribution in [3.8, 4) is 11.5 Å². The fourth-order valence-corrected chi connectivity index (χ4v) is 3.17. The van der Waals surface area contributed by atoms with Crippen molar-refractivity contribution in [1.82, 2.24) is 9.99 Å². The Morgan fingerprint density at radius 3 is 3.12 bits per heavy atom. The number of hydrogen-bond donors (Lipinski definition) is 0. The molecule has 0 aliphatic carbocycles. The molecule has 134 valence electrons. The van der Waals surface area contributed by atoms with E-state index >= 15 is 0 Å². The van der Waals surface area contributed by atoms with E-state index in [-0.39, 0.29) is 11.8 Å². The van der Waals surface area contributed by atoms with E-state index < -0.39 is 0 Å². The number of pyridine rings is 1. The molecule has 1 atom stereocenters. The average Bonchev–Trinajstić information content (AvgIpc) is 3.13. The normalized spacial score (nSPS) is 17.8. The first kappa shape index (κ1) is 16.6. The van der Waals surface area contributed by atoms with Gasteiger partial charge < -0.3 is 9.47 Å². The molecule has 0 N–H and O–H groups in total. The highest BCUT2D eigenvalue weighted by Crippen LogP contribution is 2.34. The molecule has 6 heteroatoms. The number of aromatic nitrogens is 1. The number of hydrogen-bond acceptors (Lipinski definition) is 5. The average molecular weight is 351 g/mol. The Morgan fingerprint density at radius 2 is 2.31 bits per heavy atom. The summed E-state index contributed by atoms with van der Waals surface area (Å²) < 4.78 is 11.7. The lowest BCUT2D eigenvalue weighted by Crippen LogP contribution is -2.31. The van der Waals surface area contributed by atoms with Gasteiger partial charge in [-0.1, -0.05) is 13.3 Å². The monoisotopic (exact) mass is 351 g/mol. The third-order valence-corrected chi connectivity index (χ3v) is 4.59. The molecule has 0 bridgehead atoms. The second-order valence-corrected chi connectivity index (χ2v) is 6.48. The summed E-state index contributed by atoms with van der Waals surface area (Å²) >= 11 is 0. The van der Waals surface area contributed by atoms with Crippen LogP contribution >= 0.6 is 0 Å². The molecule has 0 spiro atoms. The quantitative estimate of drug-likeness (QED) is 0.777. The zero-order chi connectivity index (χ0) is 17.9.